The highest BCUT2D eigenvalue weighted by atomic mass is 16.6. The Kier molecular flexibility index (Phi) is 6.31. The maximum atomic E-state index is 13.9. The van der Waals surface area contributed by atoms with Gasteiger partial charge in [0.25, 0.3) is 0 Å². The SMILES string of the molecule is C=CCNC(=O)O[C@H]1C[C@@H](C(=O)OC)[C@]2(C)CC[C@H]3C(=O)O[C@H](c4ccoc4)C[C@]3(C)[C@H]2C1=O. The Bertz CT molecular complexity index is 987. The van der Waals surface area contributed by atoms with Crippen molar-refractivity contribution in [1.82, 2.24) is 5.32 Å². The van der Waals surface area contributed by atoms with Crippen LogP contribution in [0.4, 0.5) is 4.79 Å². The summed E-state index contributed by atoms with van der Waals surface area (Å²) < 4.78 is 21.5. The molecule has 2 heterocycles. The van der Waals surface area contributed by atoms with Gasteiger partial charge in [-0.2, -0.15) is 0 Å². The molecule has 0 spiro atoms. The number of amides is 1. The lowest BCUT2D eigenvalue weighted by Crippen LogP contribution is -2.65. The van der Waals surface area contributed by atoms with Crippen LogP contribution in [-0.2, 0) is 28.6 Å². The molecule has 1 aromatic rings. The first-order valence-corrected chi connectivity index (χ1v) is 11.5. The van der Waals surface area contributed by atoms with E-state index in [-0.39, 0.29) is 24.7 Å². The Balaban J connectivity index is 1.74. The van der Waals surface area contributed by atoms with Gasteiger partial charge in [-0.1, -0.05) is 19.9 Å². The van der Waals surface area contributed by atoms with Crippen LogP contribution in [0.15, 0.2) is 35.7 Å². The molecule has 1 amide bonds. The first-order valence-electron chi connectivity index (χ1n) is 11.5. The number of fused-ring (bicyclic) bond motifs is 3. The Morgan fingerprint density at radius 3 is 2.71 bits per heavy atom. The molecule has 1 aromatic heterocycles. The maximum Gasteiger partial charge on any atom is 0.408 e. The summed E-state index contributed by atoms with van der Waals surface area (Å²) in [6.45, 7) is 7.56. The fraction of sp³-hybridized carbons (Fsp3) is 0.600. The molecule has 1 saturated heterocycles. The van der Waals surface area contributed by atoms with Gasteiger partial charge in [0.15, 0.2) is 11.9 Å². The summed E-state index contributed by atoms with van der Waals surface area (Å²) in [5, 5.41) is 2.51. The molecule has 2 saturated carbocycles. The van der Waals surface area contributed by atoms with Gasteiger partial charge in [0.05, 0.1) is 31.5 Å². The van der Waals surface area contributed by atoms with Gasteiger partial charge in [-0.3, -0.25) is 14.4 Å². The van der Waals surface area contributed by atoms with E-state index in [4.69, 9.17) is 18.6 Å². The fourth-order valence-electron chi connectivity index (χ4n) is 6.59. The third-order valence-corrected chi connectivity index (χ3v) is 8.14. The summed E-state index contributed by atoms with van der Waals surface area (Å²) in [4.78, 5) is 52.3. The number of hydrogen-bond acceptors (Lipinski definition) is 8. The summed E-state index contributed by atoms with van der Waals surface area (Å²) in [7, 11) is 1.31. The highest BCUT2D eigenvalue weighted by Gasteiger charge is 2.67. The minimum absolute atomic E-state index is 0.0381. The molecule has 0 aromatic carbocycles. The van der Waals surface area contributed by atoms with Crippen LogP contribution < -0.4 is 5.32 Å². The van der Waals surface area contributed by atoms with Crippen molar-refractivity contribution >= 4 is 23.8 Å². The van der Waals surface area contributed by atoms with Crippen molar-refractivity contribution in [1.29, 1.82) is 0 Å². The maximum absolute atomic E-state index is 13.9. The van der Waals surface area contributed by atoms with E-state index in [2.05, 4.69) is 11.9 Å². The van der Waals surface area contributed by atoms with Gasteiger partial charge in [0.1, 0.15) is 6.10 Å². The van der Waals surface area contributed by atoms with Crippen LogP contribution in [0.3, 0.4) is 0 Å². The predicted molar refractivity (Wildman–Crippen MR) is 118 cm³/mol. The average Bonchev–Trinajstić information content (AvgIpc) is 3.33. The summed E-state index contributed by atoms with van der Waals surface area (Å²) in [5.41, 5.74) is -0.858. The van der Waals surface area contributed by atoms with Gasteiger partial charge in [-0.15, -0.1) is 6.58 Å². The Morgan fingerprint density at radius 2 is 2.06 bits per heavy atom. The second-order valence-corrected chi connectivity index (χ2v) is 10.00. The van der Waals surface area contributed by atoms with Crippen molar-refractivity contribution < 1.29 is 37.8 Å². The monoisotopic (exact) mass is 473 g/mol. The molecule has 9 nitrogen and oxygen atoms in total. The van der Waals surface area contributed by atoms with E-state index in [1.165, 1.54) is 25.7 Å². The number of carbonyl (C=O) groups is 4. The fourth-order valence-corrected chi connectivity index (χ4v) is 6.59. The molecule has 1 N–H and O–H groups in total. The largest absolute Gasteiger partial charge is 0.472 e. The average molecular weight is 474 g/mol. The van der Waals surface area contributed by atoms with Gasteiger partial charge in [0, 0.05) is 24.4 Å². The molecule has 4 rings (SSSR count). The van der Waals surface area contributed by atoms with E-state index in [0.717, 1.165) is 0 Å². The summed E-state index contributed by atoms with van der Waals surface area (Å²) in [6.07, 6.45) is 3.46. The van der Waals surface area contributed by atoms with Gasteiger partial charge in [-0.05, 0) is 36.2 Å². The number of hydrogen-bond donors (Lipinski definition) is 1. The van der Waals surface area contributed by atoms with Gasteiger partial charge in [0.2, 0.25) is 0 Å². The first-order chi connectivity index (χ1) is 16.2. The molecule has 2 aliphatic carbocycles. The van der Waals surface area contributed by atoms with E-state index in [1.54, 1.807) is 6.07 Å². The summed E-state index contributed by atoms with van der Waals surface area (Å²) >= 11 is 0. The number of methoxy groups -OCH3 is 1. The van der Waals surface area contributed by atoms with Crippen LogP contribution in [0.2, 0.25) is 0 Å². The van der Waals surface area contributed by atoms with Crippen LogP contribution in [-0.4, -0.2) is 43.6 Å². The number of alkyl carbamates (subject to hydrolysis) is 1. The zero-order chi connectivity index (χ0) is 24.7. The molecule has 1 aliphatic heterocycles. The minimum Gasteiger partial charge on any atom is -0.472 e. The molecular weight excluding hydrogens is 442 g/mol. The Labute approximate surface area is 198 Å². The Hall–Kier alpha value is -3.10. The third-order valence-electron chi connectivity index (χ3n) is 8.14. The summed E-state index contributed by atoms with van der Waals surface area (Å²) in [6, 6.07) is 1.74. The number of cyclic esters (lactones) is 1. The minimum atomic E-state index is -1.13. The molecule has 9 heteroatoms. The van der Waals surface area contributed by atoms with Crippen molar-refractivity contribution in [2.45, 2.75) is 51.7 Å². The molecule has 0 radical (unpaired) electrons. The zero-order valence-electron chi connectivity index (χ0n) is 19.7. The number of esters is 2. The molecule has 184 valence electrons. The first kappa shape index (κ1) is 24.0. The molecule has 3 fully saturated rings. The molecule has 7 atom stereocenters. The third kappa shape index (κ3) is 3.80. The van der Waals surface area contributed by atoms with E-state index in [9.17, 15) is 19.2 Å². The van der Waals surface area contributed by atoms with Crippen LogP contribution in [0, 0.1) is 28.6 Å². The van der Waals surface area contributed by atoms with Gasteiger partial charge in [-0.25, -0.2) is 4.79 Å². The summed E-state index contributed by atoms with van der Waals surface area (Å²) in [5.74, 6) is -2.98. The lowest BCUT2D eigenvalue weighted by molar-refractivity contribution is -0.207. The van der Waals surface area contributed by atoms with Crippen LogP contribution in [0.25, 0.3) is 0 Å². The lowest BCUT2D eigenvalue weighted by Gasteiger charge is -2.60. The van der Waals surface area contributed by atoms with E-state index in [0.29, 0.717) is 24.8 Å². The number of ketones is 1. The van der Waals surface area contributed by atoms with E-state index >= 15 is 0 Å². The van der Waals surface area contributed by atoms with Crippen molar-refractivity contribution in [3.05, 3.63) is 36.8 Å². The normalized spacial score (nSPS) is 37.0. The zero-order valence-corrected chi connectivity index (χ0v) is 19.7. The number of carbonyl (C=O) groups excluding carboxylic acids is 4. The van der Waals surface area contributed by atoms with Crippen LogP contribution in [0.1, 0.15) is 51.2 Å². The number of ether oxygens (including phenoxy) is 3. The number of nitrogens with one attached hydrogen (secondary N) is 1. The van der Waals surface area contributed by atoms with Crippen molar-refractivity contribution in [3.63, 3.8) is 0 Å². The van der Waals surface area contributed by atoms with Crippen LogP contribution >= 0.6 is 0 Å². The number of rotatable bonds is 5. The number of furan rings is 1. The second-order valence-electron chi connectivity index (χ2n) is 10.00. The van der Waals surface area contributed by atoms with Crippen molar-refractivity contribution in [3.8, 4) is 0 Å². The molecule has 34 heavy (non-hydrogen) atoms. The Morgan fingerprint density at radius 1 is 1.29 bits per heavy atom. The predicted octanol–water partition coefficient (Wildman–Crippen LogP) is 3.35. The van der Waals surface area contributed by atoms with E-state index in [1.807, 2.05) is 13.8 Å². The molecule has 3 aliphatic rings. The molecule has 0 bridgehead atoms. The van der Waals surface area contributed by atoms with E-state index < -0.39 is 52.9 Å². The second kappa shape index (κ2) is 8.92. The van der Waals surface area contributed by atoms with Gasteiger partial charge < -0.3 is 23.9 Å². The quantitative estimate of drug-likeness (QED) is 0.393. The molecular formula is C25H31NO8. The molecule has 0 unspecified atom stereocenters. The lowest BCUT2D eigenvalue weighted by atomic mass is 9.43. The van der Waals surface area contributed by atoms with Gasteiger partial charge >= 0.3 is 18.0 Å². The van der Waals surface area contributed by atoms with Crippen molar-refractivity contribution in [2.24, 2.45) is 28.6 Å². The van der Waals surface area contributed by atoms with Crippen LogP contribution in [0.5, 0.6) is 0 Å². The topological polar surface area (TPSA) is 121 Å². The highest BCUT2D eigenvalue weighted by Crippen LogP contribution is 2.65. The standard InChI is InChI=1S/C25H31NO8/c1-5-9-26-23(30)34-17-11-16(21(28)31-4)24(2)8-6-15-22(29)33-18(14-7-10-32-13-14)12-25(15,3)20(24)19(17)27/h5,7,10,13,15-18,20H,1,6,8-9,11-12H2,2-4H3,(H,26,30)/t15-,16-,17-,18-,20-,24-,25-/m0/s1. The number of Topliss-reactive ketones (excluding diaryl/α,β-unsaturated/α-hetero) is 1. The highest BCUT2D eigenvalue weighted by molar-refractivity contribution is 5.93. The smallest absolute Gasteiger partial charge is 0.408 e. The van der Waals surface area contributed by atoms with Crippen molar-refractivity contribution in [2.75, 3.05) is 13.7 Å².